The number of rotatable bonds is 5. The topological polar surface area (TPSA) is 79.3 Å². The number of thiazole rings is 1. The first kappa shape index (κ1) is 15.4. The molecule has 21 heavy (non-hydrogen) atoms. The molecule has 2 N–H and O–H groups in total. The Balaban J connectivity index is 1.88. The van der Waals surface area contributed by atoms with Crippen molar-refractivity contribution in [3.05, 3.63) is 50.7 Å². The summed E-state index contributed by atoms with van der Waals surface area (Å²) in [5, 5.41) is 13.3. The molecule has 0 atom stereocenters. The van der Waals surface area contributed by atoms with Crippen LogP contribution in [0.25, 0.3) is 0 Å². The molecule has 5 nitrogen and oxygen atoms in total. The van der Waals surface area contributed by atoms with Crippen molar-refractivity contribution in [2.75, 3.05) is 6.54 Å². The average molecular weight is 329 g/mol. The quantitative estimate of drug-likeness (QED) is 0.884. The van der Waals surface area contributed by atoms with Crippen LogP contribution in [0.3, 0.4) is 0 Å². The number of nitrogens with zero attached hydrogens (tertiary/aromatic N) is 1. The standard InChI is InChI=1S/C13H10ClFN2O3S/c14-8-2-1-7(5-9(8)15)12(18)16-4-3-11-17-10(6-21-11)13(19)20/h1-2,5-6H,3-4H2,(H,16,18)(H,19,20). The monoisotopic (exact) mass is 328 g/mol. The van der Waals surface area contributed by atoms with Gasteiger partial charge in [0.25, 0.3) is 5.91 Å². The minimum atomic E-state index is -1.09. The highest BCUT2D eigenvalue weighted by Gasteiger charge is 2.10. The third-order valence-electron chi connectivity index (χ3n) is 2.58. The number of halogens is 2. The predicted octanol–water partition coefficient (Wildman–Crippen LogP) is 2.61. The van der Waals surface area contributed by atoms with E-state index >= 15 is 0 Å². The van der Waals surface area contributed by atoms with E-state index in [1.165, 1.54) is 28.8 Å². The zero-order chi connectivity index (χ0) is 15.4. The first-order valence-electron chi connectivity index (χ1n) is 5.88. The average Bonchev–Trinajstić information content (AvgIpc) is 2.91. The lowest BCUT2D eigenvalue weighted by Crippen LogP contribution is -2.25. The van der Waals surface area contributed by atoms with E-state index in [0.29, 0.717) is 11.4 Å². The van der Waals surface area contributed by atoms with Crippen LogP contribution in [0.5, 0.6) is 0 Å². The molecule has 1 aromatic heterocycles. The number of aromatic carboxylic acids is 1. The molecule has 0 fully saturated rings. The van der Waals surface area contributed by atoms with Crippen molar-refractivity contribution in [2.45, 2.75) is 6.42 Å². The van der Waals surface area contributed by atoms with E-state index in [0.717, 1.165) is 6.07 Å². The summed E-state index contributed by atoms with van der Waals surface area (Å²) < 4.78 is 13.2. The fourth-order valence-electron chi connectivity index (χ4n) is 1.55. The largest absolute Gasteiger partial charge is 0.476 e. The zero-order valence-electron chi connectivity index (χ0n) is 10.6. The van der Waals surface area contributed by atoms with Crippen molar-refractivity contribution in [2.24, 2.45) is 0 Å². The number of amides is 1. The molecule has 0 aliphatic rings. The SMILES string of the molecule is O=C(NCCc1nc(C(=O)O)cs1)c1ccc(Cl)c(F)c1. The van der Waals surface area contributed by atoms with E-state index in [4.69, 9.17) is 16.7 Å². The zero-order valence-corrected chi connectivity index (χ0v) is 12.2. The van der Waals surface area contributed by atoms with Gasteiger partial charge in [0.1, 0.15) is 5.82 Å². The molecular formula is C13H10ClFN2O3S. The van der Waals surface area contributed by atoms with Gasteiger partial charge in [-0.1, -0.05) is 11.6 Å². The van der Waals surface area contributed by atoms with E-state index in [2.05, 4.69) is 10.3 Å². The molecule has 0 saturated heterocycles. The van der Waals surface area contributed by atoms with Crippen LogP contribution in [-0.2, 0) is 6.42 Å². The van der Waals surface area contributed by atoms with Gasteiger partial charge >= 0.3 is 5.97 Å². The molecule has 0 spiro atoms. The van der Waals surface area contributed by atoms with Crippen molar-refractivity contribution in [1.29, 1.82) is 0 Å². The molecular weight excluding hydrogens is 319 g/mol. The lowest BCUT2D eigenvalue weighted by molar-refractivity contribution is 0.0690. The van der Waals surface area contributed by atoms with E-state index in [1.54, 1.807) is 0 Å². The summed E-state index contributed by atoms with van der Waals surface area (Å²) in [4.78, 5) is 26.3. The molecule has 2 aromatic rings. The van der Waals surface area contributed by atoms with Crippen molar-refractivity contribution >= 4 is 34.8 Å². The van der Waals surface area contributed by atoms with E-state index in [-0.39, 0.29) is 22.8 Å². The summed E-state index contributed by atoms with van der Waals surface area (Å²) >= 11 is 6.75. The Morgan fingerprint density at radius 1 is 1.43 bits per heavy atom. The third-order valence-corrected chi connectivity index (χ3v) is 3.79. The van der Waals surface area contributed by atoms with Crippen molar-refractivity contribution in [3.63, 3.8) is 0 Å². The number of nitrogens with one attached hydrogen (secondary N) is 1. The molecule has 2 rings (SSSR count). The van der Waals surface area contributed by atoms with Crippen molar-refractivity contribution in [1.82, 2.24) is 10.3 Å². The maximum absolute atomic E-state index is 13.2. The molecule has 1 heterocycles. The van der Waals surface area contributed by atoms with Crippen LogP contribution in [0.2, 0.25) is 5.02 Å². The summed E-state index contributed by atoms with van der Waals surface area (Å²) in [6, 6.07) is 3.79. The normalized spacial score (nSPS) is 10.4. The predicted molar refractivity (Wildman–Crippen MR) is 76.5 cm³/mol. The van der Waals surface area contributed by atoms with Gasteiger partial charge in [0.05, 0.1) is 10.0 Å². The smallest absolute Gasteiger partial charge is 0.355 e. The first-order chi connectivity index (χ1) is 9.97. The Hall–Kier alpha value is -1.99. The second-order valence-corrected chi connectivity index (χ2v) is 5.42. The van der Waals surface area contributed by atoms with Crippen LogP contribution >= 0.6 is 22.9 Å². The number of carboxylic acids is 1. The highest BCUT2D eigenvalue weighted by molar-refractivity contribution is 7.09. The number of carboxylic acid groups (broad SMARTS) is 1. The molecule has 0 aliphatic carbocycles. The van der Waals surface area contributed by atoms with Crippen LogP contribution in [0.4, 0.5) is 4.39 Å². The van der Waals surface area contributed by atoms with E-state index in [9.17, 15) is 14.0 Å². The van der Waals surface area contributed by atoms with Gasteiger partial charge in [-0.3, -0.25) is 4.79 Å². The number of benzene rings is 1. The fraction of sp³-hybridized carbons (Fsp3) is 0.154. The van der Waals surface area contributed by atoms with Crippen LogP contribution in [-0.4, -0.2) is 28.5 Å². The second-order valence-electron chi connectivity index (χ2n) is 4.07. The van der Waals surface area contributed by atoms with Gasteiger partial charge in [0.15, 0.2) is 5.69 Å². The molecule has 0 aliphatic heterocycles. The minimum Gasteiger partial charge on any atom is -0.476 e. The molecule has 110 valence electrons. The number of aromatic nitrogens is 1. The lowest BCUT2D eigenvalue weighted by atomic mass is 10.2. The Morgan fingerprint density at radius 2 is 2.19 bits per heavy atom. The molecule has 0 bridgehead atoms. The number of hydrogen-bond donors (Lipinski definition) is 2. The lowest BCUT2D eigenvalue weighted by Gasteiger charge is -2.04. The third kappa shape index (κ3) is 3.99. The summed E-state index contributed by atoms with van der Waals surface area (Å²) in [7, 11) is 0. The second kappa shape index (κ2) is 6.64. The highest BCUT2D eigenvalue weighted by atomic mass is 35.5. The van der Waals surface area contributed by atoms with Crippen LogP contribution in [0.1, 0.15) is 25.9 Å². The van der Waals surface area contributed by atoms with Crippen LogP contribution < -0.4 is 5.32 Å². The number of hydrogen-bond acceptors (Lipinski definition) is 4. The van der Waals surface area contributed by atoms with Gasteiger partial charge in [0.2, 0.25) is 0 Å². The highest BCUT2D eigenvalue weighted by Crippen LogP contribution is 2.15. The molecule has 1 amide bonds. The van der Waals surface area contributed by atoms with Crippen molar-refractivity contribution < 1.29 is 19.1 Å². The summed E-state index contributed by atoms with van der Waals surface area (Å²) in [6.45, 7) is 0.273. The molecule has 1 aromatic carbocycles. The van der Waals surface area contributed by atoms with Crippen LogP contribution in [0, 0.1) is 5.82 Å². The molecule has 0 unspecified atom stereocenters. The van der Waals surface area contributed by atoms with Gasteiger partial charge in [0, 0.05) is 23.9 Å². The van der Waals surface area contributed by atoms with Gasteiger partial charge in [-0.15, -0.1) is 11.3 Å². The fourth-order valence-corrected chi connectivity index (χ4v) is 2.44. The Kier molecular flexibility index (Phi) is 4.87. The summed E-state index contributed by atoms with van der Waals surface area (Å²) in [6.07, 6.45) is 0.403. The van der Waals surface area contributed by atoms with E-state index < -0.39 is 17.7 Å². The van der Waals surface area contributed by atoms with E-state index in [1.807, 2.05) is 0 Å². The Labute approximate surface area is 128 Å². The van der Waals surface area contributed by atoms with Gasteiger partial charge in [-0.05, 0) is 18.2 Å². The van der Waals surface area contributed by atoms with Gasteiger partial charge in [-0.2, -0.15) is 0 Å². The number of carbonyl (C=O) groups is 2. The number of carbonyl (C=O) groups excluding carboxylic acids is 1. The Bertz CT molecular complexity index is 690. The van der Waals surface area contributed by atoms with Gasteiger partial charge < -0.3 is 10.4 Å². The summed E-state index contributed by atoms with van der Waals surface area (Å²) in [5.74, 6) is -2.17. The minimum absolute atomic E-state index is 0.0129. The van der Waals surface area contributed by atoms with Gasteiger partial charge in [-0.25, -0.2) is 14.2 Å². The maximum atomic E-state index is 13.2. The molecule has 0 radical (unpaired) electrons. The first-order valence-corrected chi connectivity index (χ1v) is 7.14. The molecule has 8 heteroatoms. The Morgan fingerprint density at radius 3 is 2.81 bits per heavy atom. The van der Waals surface area contributed by atoms with Crippen molar-refractivity contribution in [3.8, 4) is 0 Å². The van der Waals surface area contributed by atoms with Crippen LogP contribution in [0.15, 0.2) is 23.6 Å². The molecule has 0 saturated carbocycles. The maximum Gasteiger partial charge on any atom is 0.355 e. The summed E-state index contributed by atoms with van der Waals surface area (Å²) in [5.41, 5.74) is 0.156.